The highest BCUT2D eigenvalue weighted by Crippen LogP contribution is 2.37. The van der Waals surface area contributed by atoms with Gasteiger partial charge in [-0.3, -0.25) is 0 Å². The minimum Gasteiger partial charge on any atom is -0.494 e. The molecule has 0 atom stereocenters. The van der Waals surface area contributed by atoms with Gasteiger partial charge in [-0.15, -0.1) is 11.6 Å². The highest BCUT2D eigenvalue weighted by atomic mass is 35.5. The van der Waals surface area contributed by atoms with Crippen molar-refractivity contribution in [3.63, 3.8) is 0 Å². The summed E-state index contributed by atoms with van der Waals surface area (Å²) in [6, 6.07) is 10.3. The first-order chi connectivity index (χ1) is 14.3. The van der Waals surface area contributed by atoms with E-state index in [1.807, 2.05) is 12.1 Å². The number of ether oxygens (including phenoxy) is 3. The molecule has 3 nitrogen and oxygen atoms in total. The molecule has 0 N–H and O–H groups in total. The molecule has 0 bridgehead atoms. The van der Waals surface area contributed by atoms with Gasteiger partial charge in [-0.1, -0.05) is 57.9 Å². The number of methoxy groups -OCH3 is 1. The summed E-state index contributed by atoms with van der Waals surface area (Å²) in [6.45, 7) is 3.72. The molecule has 0 unspecified atom stereocenters. The van der Waals surface area contributed by atoms with Crippen molar-refractivity contribution < 1.29 is 14.2 Å². The van der Waals surface area contributed by atoms with Crippen LogP contribution in [-0.2, 0) is 0 Å². The molecule has 2 aromatic rings. The number of hydrogen-bond donors (Lipinski definition) is 0. The summed E-state index contributed by atoms with van der Waals surface area (Å²) in [6.07, 6.45) is 12.0. The van der Waals surface area contributed by atoms with Gasteiger partial charge in [0.25, 0.3) is 0 Å². The highest BCUT2D eigenvalue weighted by Gasteiger charge is 2.10. The number of halogens is 1. The number of benzene rings is 2. The zero-order valence-corrected chi connectivity index (χ0v) is 18.9. The predicted molar refractivity (Wildman–Crippen MR) is 124 cm³/mol. The minimum atomic E-state index is 0.698. The van der Waals surface area contributed by atoms with Crippen molar-refractivity contribution in [2.24, 2.45) is 0 Å². The van der Waals surface area contributed by atoms with Gasteiger partial charge in [-0.2, -0.15) is 0 Å². The van der Waals surface area contributed by atoms with E-state index in [1.165, 1.54) is 32.1 Å². The van der Waals surface area contributed by atoms with Gasteiger partial charge in [-0.25, -0.2) is 0 Å². The molecule has 2 rings (SSSR count). The molecular formula is C25H37ClO3. The van der Waals surface area contributed by atoms with Crippen molar-refractivity contribution in [2.75, 3.05) is 26.2 Å². The Bertz CT molecular complexity index is 702. The molecule has 0 spiro atoms. The van der Waals surface area contributed by atoms with Gasteiger partial charge in [0.2, 0.25) is 0 Å². The molecule has 0 fully saturated rings. The van der Waals surface area contributed by atoms with E-state index >= 15 is 0 Å². The maximum atomic E-state index is 5.98. The summed E-state index contributed by atoms with van der Waals surface area (Å²) in [5.74, 6) is 3.26. The van der Waals surface area contributed by atoms with E-state index in [9.17, 15) is 0 Å². The molecule has 0 aromatic heterocycles. The van der Waals surface area contributed by atoms with Gasteiger partial charge >= 0.3 is 0 Å². The molecule has 0 aliphatic rings. The SMILES string of the molecule is CCCCCCCCOc1ccc2c(OC)c(OCCCCCCCl)ccc2c1. The zero-order valence-electron chi connectivity index (χ0n) is 18.2. The quantitative estimate of drug-likeness (QED) is 0.205. The van der Waals surface area contributed by atoms with Crippen LogP contribution in [0, 0.1) is 0 Å². The smallest absolute Gasteiger partial charge is 0.168 e. The van der Waals surface area contributed by atoms with Crippen molar-refractivity contribution >= 4 is 22.4 Å². The molecule has 0 amide bonds. The molecule has 0 heterocycles. The normalized spacial score (nSPS) is 11.0. The van der Waals surface area contributed by atoms with Crippen molar-refractivity contribution in [1.82, 2.24) is 0 Å². The van der Waals surface area contributed by atoms with E-state index < -0.39 is 0 Å². The largest absolute Gasteiger partial charge is 0.494 e. The Morgan fingerprint density at radius 3 is 2.17 bits per heavy atom. The lowest BCUT2D eigenvalue weighted by molar-refractivity contribution is 0.286. The lowest BCUT2D eigenvalue weighted by atomic mass is 10.1. The summed E-state index contributed by atoms with van der Waals surface area (Å²) in [5, 5.41) is 2.16. The monoisotopic (exact) mass is 420 g/mol. The standard InChI is InChI=1S/C25H37ClO3/c1-3-4-5-6-8-11-18-28-22-14-15-23-21(20-22)13-16-24(25(23)27-2)29-19-12-9-7-10-17-26/h13-16,20H,3-12,17-19H2,1-2H3. The van der Waals surface area contributed by atoms with E-state index in [2.05, 4.69) is 25.1 Å². The van der Waals surface area contributed by atoms with Gasteiger partial charge in [-0.05, 0) is 48.9 Å². The second-order valence-corrected chi connectivity index (χ2v) is 7.93. The average Bonchev–Trinajstić information content (AvgIpc) is 2.75. The van der Waals surface area contributed by atoms with Crippen LogP contribution in [0.5, 0.6) is 17.2 Å². The molecule has 0 saturated carbocycles. The summed E-state index contributed by atoms with van der Waals surface area (Å²) in [5.41, 5.74) is 0. The van der Waals surface area contributed by atoms with Gasteiger partial charge in [0.05, 0.1) is 20.3 Å². The van der Waals surface area contributed by atoms with Crippen molar-refractivity contribution in [2.45, 2.75) is 71.1 Å². The first kappa shape index (κ1) is 23.7. The van der Waals surface area contributed by atoms with Crippen LogP contribution in [0.25, 0.3) is 10.8 Å². The van der Waals surface area contributed by atoms with E-state index in [-0.39, 0.29) is 0 Å². The first-order valence-corrected chi connectivity index (χ1v) is 11.8. The molecule has 0 saturated heterocycles. The number of unbranched alkanes of at least 4 members (excludes halogenated alkanes) is 8. The average molecular weight is 421 g/mol. The first-order valence-electron chi connectivity index (χ1n) is 11.2. The fraction of sp³-hybridized carbons (Fsp3) is 0.600. The van der Waals surface area contributed by atoms with Gasteiger partial charge in [0.15, 0.2) is 11.5 Å². The Hall–Kier alpha value is -1.61. The van der Waals surface area contributed by atoms with Crippen molar-refractivity contribution in [3.05, 3.63) is 30.3 Å². The Labute approximate surface area is 181 Å². The highest BCUT2D eigenvalue weighted by molar-refractivity contribution is 6.17. The second kappa shape index (κ2) is 14.4. The lowest BCUT2D eigenvalue weighted by Gasteiger charge is -2.14. The molecule has 162 valence electrons. The maximum Gasteiger partial charge on any atom is 0.168 e. The van der Waals surface area contributed by atoms with Crippen LogP contribution in [0.2, 0.25) is 0 Å². The van der Waals surface area contributed by atoms with Crippen LogP contribution in [0.1, 0.15) is 71.1 Å². The summed E-state index contributed by atoms with van der Waals surface area (Å²) in [4.78, 5) is 0. The molecule has 0 aliphatic heterocycles. The molecule has 0 radical (unpaired) electrons. The van der Waals surface area contributed by atoms with Crippen molar-refractivity contribution in [3.8, 4) is 17.2 Å². The Morgan fingerprint density at radius 1 is 0.759 bits per heavy atom. The Kier molecular flexibility index (Phi) is 11.7. The topological polar surface area (TPSA) is 27.7 Å². The van der Waals surface area contributed by atoms with Crippen LogP contribution >= 0.6 is 11.6 Å². The third-order valence-electron chi connectivity index (χ3n) is 5.16. The van der Waals surface area contributed by atoms with E-state index in [0.717, 1.165) is 72.6 Å². The third kappa shape index (κ3) is 8.34. The molecule has 0 aliphatic carbocycles. The third-order valence-corrected chi connectivity index (χ3v) is 5.43. The van der Waals surface area contributed by atoms with Crippen LogP contribution in [-0.4, -0.2) is 26.2 Å². The van der Waals surface area contributed by atoms with Crippen LogP contribution in [0.15, 0.2) is 30.3 Å². The van der Waals surface area contributed by atoms with E-state index in [0.29, 0.717) is 6.61 Å². The van der Waals surface area contributed by atoms with Crippen LogP contribution in [0.3, 0.4) is 0 Å². The zero-order chi connectivity index (χ0) is 20.7. The summed E-state index contributed by atoms with van der Waals surface area (Å²) < 4.78 is 17.6. The molecular weight excluding hydrogens is 384 g/mol. The number of rotatable bonds is 16. The molecule has 4 heteroatoms. The maximum absolute atomic E-state index is 5.98. The van der Waals surface area contributed by atoms with E-state index in [1.54, 1.807) is 7.11 Å². The lowest BCUT2D eigenvalue weighted by Crippen LogP contribution is -2.00. The fourth-order valence-electron chi connectivity index (χ4n) is 3.48. The second-order valence-electron chi connectivity index (χ2n) is 7.55. The van der Waals surface area contributed by atoms with Crippen LogP contribution in [0.4, 0.5) is 0 Å². The number of alkyl halides is 1. The summed E-state index contributed by atoms with van der Waals surface area (Å²) in [7, 11) is 1.70. The van der Waals surface area contributed by atoms with Gasteiger partial charge < -0.3 is 14.2 Å². The Balaban J connectivity index is 1.87. The van der Waals surface area contributed by atoms with Gasteiger partial charge in [0.1, 0.15) is 5.75 Å². The summed E-state index contributed by atoms with van der Waals surface area (Å²) >= 11 is 5.72. The fourth-order valence-corrected chi connectivity index (χ4v) is 3.67. The van der Waals surface area contributed by atoms with Gasteiger partial charge in [0, 0.05) is 11.3 Å². The predicted octanol–water partition coefficient (Wildman–Crippen LogP) is 7.77. The number of fused-ring (bicyclic) bond motifs is 1. The van der Waals surface area contributed by atoms with Crippen LogP contribution < -0.4 is 14.2 Å². The number of hydrogen-bond acceptors (Lipinski definition) is 3. The van der Waals surface area contributed by atoms with E-state index in [4.69, 9.17) is 25.8 Å². The minimum absolute atomic E-state index is 0.698. The van der Waals surface area contributed by atoms with Crippen molar-refractivity contribution in [1.29, 1.82) is 0 Å². The molecule has 29 heavy (non-hydrogen) atoms. The molecule has 2 aromatic carbocycles. The Morgan fingerprint density at radius 2 is 1.45 bits per heavy atom.